The molecule has 0 radical (unpaired) electrons. The van der Waals surface area contributed by atoms with Gasteiger partial charge in [-0.25, -0.2) is 4.98 Å². The van der Waals surface area contributed by atoms with Crippen LogP contribution in [0.1, 0.15) is 16.1 Å². The van der Waals surface area contributed by atoms with Crippen molar-refractivity contribution < 1.29 is 14.6 Å². The van der Waals surface area contributed by atoms with Crippen molar-refractivity contribution in [2.24, 2.45) is 0 Å². The number of aliphatic hydroxyl groups excluding tert-OH is 1. The van der Waals surface area contributed by atoms with Crippen molar-refractivity contribution in [1.29, 1.82) is 0 Å². The Hall–Kier alpha value is -2.52. The number of amides is 1. The van der Waals surface area contributed by atoms with Gasteiger partial charge in [0.15, 0.2) is 0 Å². The number of thiazole rings is 1. The number of nitrogens with zero attached hydrogens (tertiary/aromatic N) is 3. The highest BCUT2D eigenvalue weighted by atomic mass is 32.1. The third-order valence-electron chi connectivity index (χ3n) is 5.96. The molecule has 1 aromatic heterocycles. The molecule has 2 heterocycles. The Balaban J connectivity index is 1.18. The number of benzene rings is 2. The second kappa shape index (κ2) is 10.6. The van der Waals surface area contributed by atoms with Crippen LogP contribution < -0.4 is 10.1 Å². The van der Waals surface area contributed by atoms with E-state index in [9.17, 15) is 9.90 Å². The lowest BCUT2D eigenvalue weighted by atomic mass is 10.1. The molecule has 4 rings (SSSR count). The van der Waals surface area contributed by atoms with E-state index < -0.39 is 6.10 Å². The second-order valence-electron chi connectivity index (χ2n) is 8.72. The minimum absolute atomic E-state index is 0.0161. The third-order valence-corrected chi connectivity index (χ3v) is 6.89. The lowest BCUT2D eigenvalue weighted by molar-refractivity contribution is -0.117. The van der Waals surface area contributed by atoms with Crippen LogP contribution in [-0.2, 0) is 4.79 Å². The Labute approximate surface area is 199 Å². The van der Waals surface area contributed by atoms with E-state index in [2.05, 4.69) is 20.1 Å². The molecule has 33 heavy (non-hydrogen) atoms. The summed E-state index contributed by atoms with van der Waals surface area (Å²) >= 11 is 1.64. The fourth-order valence-corrected chi connectivity index (χ4v) is 5.03. The predicted octanol–water partition coefficient (Wildman–Crippen LogP) is 3.22. The van der Waals surface area contributed by atoms with Crippen LogP contribution in [0.25, 0.3) is 10.2 Å². The SMILES string of the molecule is Cc1nc2ccc(OCC(O)CN3CCN(CC(=O)Nc4c(C)cccc4C)CC3)cc2s1. The number of piperazine rings is 1. The molecule has 0 saturated carbocycles. The summed E-state index contributed by atoms with van der Waals surface area (Å²) in [5, 5.41) is 14.5. The van der Waals surface area contributed by atoms with Crippen molar-refractivity contribution in [3.63, 3.8) is 0 Å². The number of carbonyl (C=O) groups excluding carboxylic acids is 1. The Bertz CT molecular complexity index is 1090. The summed E-state index contributed by atoms with van der Waals surface area (Å²) in [7, 11) is 0. The zero-order valence-corrected chi connectivity index (χ0v) is 20.3. The predicted molar refractivity (Wildman–Crippen MR) is 133 cm³/mol. The number of rotatable bonds is 8. The van der Waals surface area contributed by atoms with Crippen molar-refractivity contribution in [1.82, 2.24) is 14.8 Å². The maximum atomic E-state index is 12.5. The largest absolute Gasteiger partial charge is 0.491 e. The molecule has 7 nitrogen and oxygen atoms in total. The van der Waals surface area contributed by atoms with Crippen LogP contribution in [0.15, 0.2) is 36.4 Å². The van der Waals surface area contributed by atoms with E-state index >= 15 is 0 Å². The molecule has 2 N–H and O–H groups in total. The van der Waals surface area contributed by atoms with Crippen LogP contribution in [0.5, 0.6) is 5.75 Å². The first-order chi connectivity index (χ1) is 15.9. The molecule has 1 amide bonds. The summed E-state index contributed by atoms with van der Waals surface area (Å²) in [6, 6.07) is 11.9. The number of hydrogen-bond acceptors (Lipinski definition) is 7. The standard InChI is InChI=1S/C25H32N4O3S/c1-17-5-4-6-18(2)25(17)27-24(31)15-29-11-9-28(10-12-29)14-20(30)16-32-21-7-8-22-23(13-21)33-19(3)26-22/h4-8,13,20,30H,9-12,14-16H2,1-3H3,(H,27,31). The van der Waals surface area contributed by atoms with Gasteiger partial charge in [-0.05, 0) is 50.1 Å². The number of ether oxygens (including phenoxy) is 1. The summed E-state index contributed by atoms with van der Waals surface area (Å²) in [5.41, 5.74) is 4.04. The average molecular weight is 469 g/mol. The van der Waals surface area contributed by atoms with Crippen LogP contribution >= 0.6 is 11.3 Å². The van der Waals surface area contributed by atoms with Gasteiger partial charge in [0.2, 0.25) is 5.91 Å². The molecule has 0 bridgehead atoms. The molecule has 1 saturated heterocycles. The molecular formula is C25H32N4O3S. The Morgan fingerprint density at radius 2 is 1.82 bits per heavy atom. The number of β-amino-alcohol motifs (C(OH)–C–C–N with tert-alkyl or cyclic N) is 1. The molecule has 2 aromatic carbocycles. The smallest absolute Gasteiger partial charge is 0.238 e. The van der Waals surface area contributed by atoms with Crippen LogP contribution in [0.3, 0.4) is 0 Å². The average Bonchev–Trinajstić information content (AvgIpc) is 3.15. The number of hydrogen-bond donors (Lipinski definition) is 2. The van der Waals surface area contributed by atoms with E-state index in [4.69, 9.17) is 4.74 Å². The van der Waals surface area contributed by atoms with Crippen molar-refractivity contribution >= 4 is 33.1 Å². The normalized spacial score (nSPS) is 16.1. The summed E-state index contributed by atoms with van der Waals surface area (Å²) < 4.78 is 6.91. The first-order valence-corrected chi connectivity index (χ1v) is 12.2. The molecule has 8 heteroatoms. The van der Waals surface area contributed by atoms with Gasteiger partial charge in [-0.2, -0.15) is 0 Å². The highest BCUT2D eigenvalue weighted by Crippen LogP contribution is 2.26. The second-order valence-corrected chi connectivity index (χ2v) is 9.95. The van der Waals surface area contributed by atoms with Gasteiger partial charge in [0, 0.05) is 38.4 Å². The van der Waals surface area contributed by atoms with Gasteiger partial charge in [0.25, 0.3) is 0 Å². The maximum absolute atomic E-state index is 12.5. The summed E-state index contributed by atoms with van der Waals surface area (Å²) in [4.78, 5) is 21.4. The van der Waals surface area contributed by atoms with Gasteiger partial charge < -0.3 is 15.2 Å². The van der Waals surface area contributed by atoms with Gasteiger partial charge in [-0.15, -0.1) is 11.3 Å². The Kier molecular flexibility index (Phi) is 7.60. The fraction of sp³-hybridized carbons (Fsp3) is 0.440. The van der Waals surface area contributed by atoms with Gasteiger partial charge >= 0.3 is 0 Å². The molecule has 1 aliphatic heterocycles. The fourth-order valence-electron chi connectivity index (χ4n) is 4.18. The quantitative estimate of drug-likeness (QED) is 0.529. The van der Waals surface area contributed by atoms with Crippen LogP contribution in [0.4, 0.5) is 5.69 Å². The van der Waals surface area contributed by atoms with Gasteiger partial charge in [-0.1, -0.05) is 18.2 Å². The number of aromatic nitrogens is 1. The van der Waals surface area contributed by atoms with E-state index in [-0.39, 0.29) is 12.5 Å². The first kappa shape index (κ1) is 23.6. The van der Waals surface area contributed by atoms with Crippen molar-refractivity contribution in [2.75, 3.05) is 51.2 Å². The summed E-state index contributed by atoms with van der Waals surface area (Å²) in [5.74, 6) is 0.771. The monoisotopic (exact) mass is 468 g/mol. The Morgan fingerprint density at radius 1 is 1.12 bits per heavy atom. The molecule has 0 aliphatic carbocycles. The lowest BCUT2D eigenvalue weighted by Crippen LogP contribution is -2.50. The molecule has 1 fully saturated rings. The minimum Gasteiger partial charge on any atom is -0.491 e. The molecule has 176 valence electrons. The third kappa shape index (κ3) is 6.29. The number of aliphatic hydroxyl groups is 1. The number of aryl methyl sites for hydroxylation is 3. The number of anilines is 1. The van der Waals surface area contributed by atoms with Crippen molar-refractivity contribution in [2.45, 2.75) is 26.9 Å². The number of para-hydroxylation sites is 1. The number of carbonyl (C=O) groups is 1. The maximum Gasteiger partial charge on any atom is 0.238 e. The van der Waals surface area contributed by atoms with Crippen LogP contribution in [0.2, 0.25) is 0 Å². The highest BCUT2D eigenvalue weighted by molar-refractivity contribution is 7.18. The number of fused-ring (bicyclic) bond motifs is 1. The molecular weight excluding hydrogens is 436 g/mol. The molecule has 1 atom stereocenters. The van der Waals surface area contributed by atoms with Gasteiger partial charge in [-0.3, -0.25) is 14.6 Å². The molecule has 3 aromatic rings. The lowest BCUT2D eigenvalue weighted by Gasteiger charge is -2.35. The van der Waals surface area contributed by atoms with Crippen molar-refractivity contribution in [3.05, 3.63) is 52.5 Å². The van der Waals surface area contributed by atoms with E-state index in [0.717, 1.165) is 64.0 Å². The topological polar surface area (TPSA) is 77.9 Å². The molecule has 1 unspecified atom stereocenters. The van der Waals surface area contributed by atoms with E-state index in [1.54, 1.807) is 11.3 Å². The Morgan fingerprint density at radius 3 is 2.55 bits per heavy atom. The van der Waals surface area contributed by atoms with E-state index in [0.29, 0.717) is 13.1 Å². The van der Waals surface area contributed by atoms with Gasteiger partial charge in [0.1, 0.15) is 18.5 Å². The summed E-state index contributed by atoms with van der Waals surface area (Å²) in [6.07, 6.45) is -0.567. The summed E-state index contributed by atoms with van der Waals surface area (Å²) in [6.45, 7) is 10.4. The molecule has 1 aliphatic rings. The zero-order chi connectivity index (χ0) is 23.4. The first-order valence-electron chi connectivity index (χ1n) is 11.4. The zero-order valence-electron chi connectivity index (χ0n) is 19.5. The van der Waals surface area contributed by atoms with Crippen molar-refractivity contribution in [3.8, 4) is 5.75 Å². The van der Waals surface area contributed by atoms with E-state index in [1.807, 2.05) is 57.2 Å². The van der Waals surface area contributed by atoms with Gasteiger partial charge in [0.05, 0.1) is 21.8 Å². The highest BCUT2D eigenvalue weighted by Gasteiger charge is 2.21. The minimum atomic E-state index is -0.567. The van der Waals surface area contributed by atoms with Crippen LogP contribution in [0, 0.1) is 20.8 Å². The van der Waals surface area contributed by atoms with Crippen LogP contribution in [-0.4, -0.2) is 77.8 Å². The number of nitrogens with one attached hydrogen (secondary N) is 1. The molecule has 0 spiro atoms. The van der Waals surface area contributed by atoms with E-state index in [1.165, 1.54) is 0 Å².